The highest BCUT2D eigenvalue weighted by atomic mass is 16.3. The first-order chi connectivity index (χ1) is 13.1. The molecule has 0 amide bonds. The van der Waals surface area contributed by atoms with Gasteiger partial charge in [0, 0.05) is 6.61 Å². The molecule has 0 aromatic heterocycles. The summed E-state index contributed by atoms with van der Waals surface area (Å²) in [6, 6.07) is 0. The summed E-state index contributed by atoms with van der Waals surface area (Å²) in [5, 5.41) is 20.0. The van der Waals surface area contributed by atoms with Gasteiger partial charge in [0.1, 0.15) is 0 Å². The number of hydrogen-bond acceptors (Lipinski definition) is 2. The Balaban J connectivity index is 1.59. The standard InChI is InChI=1S/C26H46O2/c1-18(7-6-16-27)20-8-9-21-25(20,4)13-11-22-24(3)15-14-23(2,28)17-19(24)10-12-26(21,22)5/h18-22,27-28H,6-17H2,1-5H3. The van der Waals surface area contributed by atoms with E-state index < -0.39 is 5.60 Å². The first-order valence-corrected chi connectivity index (χ1v) is 12.4. The molecule has 4 aliphatic carbocycles. The van der Waals surface area contributed by atoms with Crippen LogP contribution in [0.2, 0.25) is 0 Å². The lowest BCUT2D eigenvalue weighted by molar-refractivity contribution is -0.187. The van der Waals surface area contributed by atoms with E-state index in [1.807, 2.05) is 0 Å². The number of aliphatic hydroxyl groups excluding tert-OH is 1. The summed E-state index contributed by atoms with van der Waals surface area (Å²) in [5.41, 5.74) is 1.01. The Morgan fingerprint density at radius 1 is 0.821 bits per heavy atom. The van der Waals surface area contributed by atoms with Gasteiger partial charge in [0.05, 0.1) is 5.60 Å². The Hall–Kier alpha value is -0.0800. The summed E-state index contributed by atoms with van der Waals surface area (Å²) in [6.45, 7) is 12.8. The van der Waals surface area contributed by atoms with Crippen LogP contribution in [0.15, 0.2) is 0 Å². The van der Waals surface area contributed by atoms with Crippen molar-refractivity contribution in [1.29, 1.82) is 0 Å². The summed E-state index contributed by atoms with van der Waals surface area (Å²) in [7, 11) is 0. The van der Waals surface area contributed by atoms with Crippen molar-refractivity contribution in [1.82, 2.24) is 0 Å². The molecule has 2 nitrogen and oxygen atoms in total. The molecule has 162 valence electrons. The van der Waals surface area contributed by atoms with Crippen molar-refractivity contribution in [3.05, 3.63) is 0 Å². The molecule has 0 aromatic carbocycles. The molecule has 0 aromatic rings. The van der Waals surface area contributed by atoms with Crippen molar-refractivity contribution in [2.24, 2.45) is 45.8 Å². The fourth-order valence-corrected chi connectivity index (χ4v) is 9.70. The number of fused-ring (bicyclic) bond motifs is 5. The molecule has 0 radical (unpaired) electrons. The molecule has 28 heavy (non-hydrogen) atoms. The van der Waals surface area contributed by atoms with E-state index in [4.69, 9.17) is 0 Å². The molecule has 2 N–H and O–H groups in total. The van der Waals surface area contributed by atoms with Crippen LogP contribution >= 0.6 is 0 Å². The molecule has 0 spiro atoms. The molecule has 9 atom stereocenters. The number of rotatable bonds is 4. The SMILES string of the molecule is CC(CCCO)C1CCC2C1(C)CCC1C3(C)CCC(C)(O)CC3CCC12C. The molecular formula is C26H46O2. The Morgan fingerprint density at radius 3 is 2.21 bits per heavy atom. The fourth-order valence-electron chi connectivity index (χ4n) is 9.70. The van der Waals surface area contributed by atoms with E-state index in [0.717, 1.165) is 48.9 Å². The van der Waals surface area contributed by atoms with Crippen molar-refractivity contribution < 1.29 is 10.2 Å². The lowest BCUT2D eigenvalue weighted by Crippen LogP contribution is -2.60. The second-order valence-corrected chi connectivity index (χ2v) is 12.6. The van der Waals surface area contributed by atoms with Crippen LogP contribution in [-0.4, -0.2) is 22.4 Å². The molecular weight excluding hydrogens is 344 g/mol. The van der Waals surface area contributed by atoms with E-state index in [9.17, 15) is 10.2 Å². The predicted octanol–water partition coefficient (Wildman–Crippen LogP) is 6.20. The minimum atomic E-state index is -0.429. The second kappa shape index (κ2) is 6.98. The minimum absolute atomic E-state index is 0.348. The van der Waals surface area contributed by atoms with Crippen LogP contribution in [0.5, 0.6) is 0 Å². The van der Waals surface area contributed by atoms with Gasteiger partial charge in [-0.25, -0.2) is 0 Å². The monoisotopic (exact) mass is 390 g/mol. The molecule has 4 aliphatic rings. The summed E-state index contributed by atoms with van der Waals surface area (Å²) >= 11 is 0. The molecule has 9 unspecified atom stereocenters. The first kappa shape index (κ1) is 21.2. The fraction of sp³-hybridized carbons (Fsp3) is 1.00. The van der Waals surface area contributed by atoms with E-state index in [0.29, 0.717) is 22.9 Å². The third-order valence-electron chi connectivity index (χ3n) is 11.1. The van der Waals surface area contributed by atoms with Gasteiger partial charge in [-0.2, -0.15) is 0 Å². The Labute approximate surface area is 173 Å². The summed E-state index contributed by atoms with van der Waals surface area (Å²) in [4.78, 5) is 0. The largest absolute Gasteiger partial charge is 0.396 e. The molecule has 2 heteroatoms. The van der Waals surface area contributed by atoms with Crippen LogP contribution in [0.4, 0.5) is 0 Å². The second-order valence-electron chi connectivity index (χ2n) is 12.6. The summed E-state index contributed by atoms with van der Waals surface area (Å²) in [6.07, 6.45) is 13.8. The van der Waals surface area contributed by atoms with E-state index in [1.54, 1.807) is 0 Å². The average molecular weight is 391 g/mol. The van der Waals surface area contributed by atoms with Gasteiger partial charge < -0.3 is 10.2 Å². The van der Waals surface area contributed by atoms with Crippen LogP contribution in [0.3, 0.4) is 0 Å². The Bertz CT molecular complexity index is 585. The van der Waals surface area contributed by atoms with Crippen molar-refractivity contribution in [2.75, 3.05) is 6.61 Å². The zero-order valence-electron chi connectivity index (χ0n) is 19.3. The zero-order chi connectivity index (χ0) is 20.4. The highest BCUT2D eigenvalue weighted by Crippen LogP contribution is 2.73. The smallest absolute Gasteiger partial charge is 0.0622 e. The Kier molecular flexibility index (Phi) is 5.27. The van der Waals surface area contributed by atoms with E-state index >= 15 is 0 Å². The maximum atomic E-state index is 10.7. The maximum absolute atomic E-state index is 10.7. The van der Waals surface area contributed by atoms with Crippen LogP contribution < -0.4 is 0 Å². The number of hydrogen-bond donors (Lipinski definition) is 2. The van der Waals surface area contributed by atoms with E-state index in [1.165, 1.54) is 51.4 Å². The van der Waals surface area contributed by atoms with Crippen molar-refractivity contribution >= 4 is 0 Å². The molecule has 4 rings (SSSR count). The van der Waals surface area contributed by atoms with Gasteiger partial charge in [0.15, 0.2) is 0 Å². The highest BCUT2D eigenvalue weighted by molar-refractivity contribution is 5.14. The lowest BCUT2D eigenvalue weighted by Gasteiger charge is -2.66. The molecule has 4 fully saturated rings. The number of aliphatic hydroxyl groups is 2. The predicted molar refractivity (Wildman–Crippen MR) is 116 cm³/mol. The highest BCUT2D eigenvalue weighted by Gasteiger charge is 2.65. The summed E-state index contributed by atoms with van der Waals surface area (Å²) < 4.78 is 0. The maximum Gasteiger partial charge on any atom is 0.0622 e. The normalized spacial score (nSPS) is 54.5. The summed E-state index contributed by atoms with van der Waals surface area (Å²) in [5.74, 6) is 4.04. The lowest BCUT2D eigenvalue weighted by atomic mass is 9.38. The van der Waals surface area contributed by atoms with Crippen molar-refractivity contribution in [2.45, 2.75) is 111 Å². The van der Waals surface area contributed by atoms with Gasteiger partial charge in [-0.1, -0.05) is 27.7 Å². The van der Waals surface area contributed by atoms with Crippen LogP contribution in [0, 0.1) is 45.8 Å². The van der Waals surface area contributed by atoms with Crippen LogP contribution in [0.1, 0.15) is 105 Å². The zero-order valence-corrected chi connectivity index (χ0v) is 19.3. The van der Waals surface area contributed by atoms with Crippen molar-refractivity contribution in [3.63, 3.8) is 0 Å². The third kappa shape index (κ3) is 3.03. The molecule has 0 heterocycles. The van der Waals surface area contributed by atoms with Gasteiger partial charge in [-0.15, -0.1) is 0 Å². The van der Waals surface area contributed by atoms with Gasteiger partial charge >= 0.3 is 0 Å². The third-order valence-corrected chi connectivity index (χ3v) is 11.1. The van der Waals surface area contributed by atoms with Gasteiger partial charge in [0.25, 0.3) is 0 Å². The average Bonchev–Trinajstić information content (AvgIpc) is 2.99. The molecule has 0 saturated heterocycles. The van der Waals surface area contributed by atoms with Gasteiger partial charge in [-0.05, 0) is 123 Å². The van der Waals surface area contributed by atoms with Crippen LogP contribution in [0.25, 0.3) is 0 Å². The minimum Gasteiger partial charge on any atom is -0.396 e. The van der Waals surface area contributed by atoms with E-state index in [-0.39, 0.29) is 0 Å². The topological polar surface area (TPSA) is 40.5 Å². The van der Waals surface area contributed by atoms with Gasteiger partial charge in [0.2, 0.25) is 0 Å². The molecule has 0 aliphatic heterocycles. The van der Waals surface area contributed by atoms with E-state index in [2.05, 4.69) is 34.6 Å². The quantitative estimate of drug-likeness (QED) is 0.600. The first-order valence-electron chi connectivity index (χ1n) is 12.4. The Morgan fingerprint density at radius 2 is 1.50 bits per heavy atom. The molecule has 0 bridgehead atoms. The van der Waals surface area contributed by atoms with Gasteiger partial charge in [-0.3, -0.25) is 0 Å². The van der Waals surface area contributed by atoms with Crippen LogP contribution in [-0.2, 0) is 0 Å². The molecule has 4 saturated carbocycles. The van der Waals surface area contributed by atoms with Crippen molar-refractivity contribution in [3.8, 4) is 0 Å².